The summed E-state index contributed by atoms with van der Waals surface area (Å²) in [5, 5.41) is 0.0418. The molecular formula is C12H8ClFINO2S. The monoisotopic (exact) mass is 411 g/mol. The predicted octanol–water partition coefficient (Wildman–Crippen LogP) is 3.88. The third-order valence-corrected chi connectivity index (χ3v) is 5.48. The second-order valence-corrected chi connectivity index (χ2v) is 6.78. The van der Waals surface area contributed by atoms with E-state index >= 15 is 0 Å². The van der Waals surface area contributed by atoms with Crippen molar-refractivity contribution in [2.75, 3.05) is 4.72 Å². The third-order valence-electron chi connectivity index (χ3n) is 2.33. The molecule has 0 aliphatic carbocycles. The molecule has 0 aromatic heterocycles. The zero-order chi connectivity index (χ0) is 14.0. The summed E-state index contributed by atoms with van der Waals surface area (Å²) in [6, 6.07) is 10.3. The Balaban J connectivity index is 2.40. The zero-order valence-electron chi connectivity index (χ0n) is 9.40. The first-order chi connectivity index (χ1) is 8.92. The molecule has 19 heavy (non-hydrogen) atoms. The van der Waals surface area contributed by atoms with Gasteiger partial charge in [0.15, 0.2) is 0 Å². The molecule has 7 heteroatoms. The van der Waals surface area contributed by atoms with Crippen LogP contribution in [0.2, 0.25) is 5.02 Å². The first kappa shape index (κ1) is 14.5. The number of hydrogen-bond acceptors (Lipinski definition) is 2. The first-order valence-corrected chi connectivity index (χ1v) is 8.07. The summed E-state index contributed by atoms with van der Waals surface area (Å²) in [5.74, 6) is -0.492. The molecule has 0 saturated heterocycles. The molecule has 0 amide bonds. The van der Waals surface area contributed by atoms with Gasteiger partial charge in [-0.2, -0.15) is 0 Å². The molecule has 2 aromatic rings. The Labute approximate surface area is 129 Å². The number of benzene rings is 2. The van der Waals surface area contributed by atoms with Crippen LogP contribution >= 0.6 is 34.2 Å². The van der Waals surface area contributed by atoms with Crippen molar-refractivity contribution in [1.82, 2.24) is 0 Å². The highest BCUT2D eigenvalue weighted by Gasteiger charge is 2.17. The minimum atomic E-state index is -3.73. The van der Waals surface area contributed by atoms with Crippen molar-refractivity contribution in [2.45, 2.75) is 4.90 Å². The summed E-state index contributed by atoms with van der Waals surface area (Å²) in [5.41, 5.74) is 0.149. The number of nitrogens with one attached hydrogen (secondary N) is 1. The number of halogens is 3. The van der Waals surface area contributed by atoms with Crippen LogP contribution in [0.25, 0.3) is 0 Å². The minimum absolute atomic E-state index is 0.0418. The molecule has 2 rings (SSSR count). The molecule has 2 aromatic carbocycles. The van der Waals surface area contributed by atoms with Crippen molar-refractivity contribution < 1.29 is 12.8 Å². The van der Waals surface area contributed by atoms with Gasteiger partial charge in [-0.15, -0.1) is 0 Å². The minimum Gasteiger partial charge on any atom is -0.278 e. The van der Waals surface area contributed by atoms with Gasteiger partial charge in [-0.25, -0.2) is 12.8 Å². The molecule has 0 radical (unpaired) electrons. The lowest BCUT2D eigenvalue weighted by Crippen LogP contribution is -2.13. The van der Waals surface area contributed by atoms with Gasteiger partial charge in [0.1, 0.15) is 5.82 Å². The van der Waals surface area contributed by atoms with E-state index in [0.717, 1.165) is 6.07 Å². The van der Waals surface area contributed by atoms with Gasteiger partial charge in [-0.1, -0.05) is 29.8 Å². The molecule has 0 heterocycles. The van der Waals surface area contributed by atoms with E-state index in [0.29, 0.717) is 0 Å². The topological polar surface area (TPSA) is 46.2 Å². The van der Waals surface area contributed by atoms with Gasteiger partial charge in [0.25, 0.3) is 10.0 Å². The van der Waals surface area contributed by atoms with Gasteiger partial charge in [-0.3, -0.25) is 4.72 Å². The Kier molecular flexibility index (Phi) is 4.32. The van der Waals surface area contributed by atoms with Crippen molar-refractivity contribution in [1.29, 1.82) is 0 Å². The quantitative estimate of drug-likeness (QED) is 0.615. The Morgan fingerprint density at radius 2 is 1.74 bits per heavy atom. The Hall–Kier alpha value is -0.860. The summed E-state index contributed by atoms with van der Waals surface area (Å²) in [6.07, 6.45) is 0. The van der Waals surface area contributed by atoms with Gasteiger partial charge in [-0.05, 0) is 46.9 Å². The van der Waals surface area contributed by atoms with Crippen LogP contribution in [0.4, 0.5) is 10.1 Å². The molecule has 0 spiro atoms. The molecule has 0 aliphatic heterocycles. The van der Waals surface area contributed by atoms with E-state index in [9.17, 15) is 12.8 Å². The van der Waals surface area contributed by atoms with Crippen molar-refractivity contribution in [3.63, 3.8) is 0 Å². The van der Waals surface area contributed by atoms with Crippen LogP contribution in [0.15, 0.2) is 47.4 Å². The maximum atomic E-state index is 13.2. The molecule has 0 atom stereocenters. The molecule has 0 bridgehead atoms. The Morgan fingerprint density at radius 3 is 2.37 bits per heavy atom. The van der Waals surface area contributed by atoms with Crippen LogP contribution in [0.5, 0.6) is 0 Å². The van der Waals surface area contributed by atoms with Crippen LogP contribution < -0.4 is 4.72 Å². The smallest absolute Gasteiger partial charge is 0.261 e. The lowest BCUT2D eigenvalue weighted by Gasteiger charge is -2.10. The van der Waals surface area contributed by atoms with Gasteiger partial charge in [0, 0.05) is 0 Å². The number of hydrogen-bond donors (Lipinski definition) is 1. The zero-order valence-corrected chi connectivity index (χ0v) is 13.1. The van der Waals surface area contributed by atoms with Crippen molar-refractivity contribution in [3.8, 4) is 0 Å². The fraction of sp³-hybridized carbons (Fsp3) is 0. The predicted molar refractivity (Wildman–Crippen MR) is 81.4 cm³/mol. The van der Waals surface area contributed by atoms with Gasteiger partial charge in [0.05, 0.1) is 19.2 Å². The second-order valence-electron chi connectivity index (χ2n) is 3.64. The first-order valence-electron chi connectivity index (χ1n) is 5.13. The van der Waals surface area contributed by atoms with Crippen molar-refractivity contribution >= 4 is 49.9 Å². The normalized spacial score (nSPS) is 11.3. The maximum Gasteiger partial charge on any atom is 0.261 e. The summed E-state index contributed by atoms with van der Waals surface area (Å²) in [7, 11) is -3.73. The van der Waals surface area contributed by atoms with E-state index in [-0.39, 0.29) is 19.2 Å². The van der Waals surface area contributed by atoms with Crippen LogP contribution in [0, 0.1) is 9.39 Å². The van der Waals surface area contributed by atoms with E-state index < -0.39 is 15.8 Å². The lowest BCUT2D eigenvalue weighted by molar-refractivity contribution is 0.601. The average molecular weight is 412 g/mol. The Morgan fingerprint density at radius 1 is 1.11 bits per heavy atom. The third kappa shape index (κ3) is 3.18. The van der Waals surface area contributed by atoms with E-state index in [1.54, 1.807) is 40.8 Å². The molecule has 0 aliphatic rings. The molecule has 3 nitrogen and oxygen atoms in total. The summed E-state index contributed by atoms with van der Waals surface area (Å²) < 4.78 is 39.9. The molecule has 0 saturated carbocycles. The van der Waals surface area contributed by atoms with E-state index in [1.807, 2.05) is 0 Å². The van der Waals surface area contributed by atoms with E-state index in [4.69, 9.17) is 11.6 Å². The van der Waals surface area contributed by atoms with Gasteiger partial charge < -0.3 is 0 Å². The molecule has 1 N–H and O–H groups in total. The molecule has 0 unspecified atom stereocenters. The fourth-order valence-corrected chi connectivity index (χ4v) is 3.23. The molecule has 100 valence electrons. The van der Waals surface area contributed by atoms with Gasteiger partial charge >= 0.3 is 0 Å². The maximum absolute atomic E-state index is 13.2. The van der Waals surface area contributed by atoms with Gasteiger partial charge in [0.2, 0.25) is 0 Å². The van der Waals surface area contributed by atoms with Crippen LogP contribution in [-0.2, 0) is 10.0 Å². The number of rotatable bonds is 3. The Bertz CT molecular complexity index is 707. The number of anilines is 1. The highest BCUT2D eigenvalue weighted by atomic mass is 127. The summed E-state index contributed by atoms with van der Waals surface area (Å²) in [6.45, 7) is 0. The standard InChI is InChI=1S/C12H8ClFINO2S/c13-11-10(7-6-9(14)12(11)15)16-19(17,18)8-4-2-1-3-5-8/h1-7,16H. The van der Waals surface area contributed by atoms with E-state index in [2.05, 4.69) is 4.72 Å². The van der Waals surface area contributed by atoms with Crippen LogP contribution in [0.3, 0.4) is 0 Å². The van der Waals surface area contributed by atoms with Crippen molar-refractivity contribution in [3.05, 3.63) is 56.9 Å². The SMILES string of the molecule is O=S(=O)(Nc1ccc(F)c(I)c1Cl)c1ccccc1. The highest BCUT2D eigenvalue weighted by molar-refractivity contribution is 14.1. The van der Waals surface area contributed by atoms with E-state index in [1.165, 1.54) is 18.2 Å². The second kappa shape index (κ2) is 5.64. The van der Waals surface area contributed by atoms with Crippen LogP contribution in [-0.4, -0.2) is 8.42 Å². The summed E-state index contributed by atoms with van der Waals surface area (Å²) >= 11 is 7.64. The van der Waals surface area contributed by atoms with Crippen molar-refractivity contribution in [2.24, 2.45) is 0 Å². The highest BCUT2D eigenvalue weighted by Crippen LogP contribution is 2.30. The fourth-order valence-electron chi connectivity index (χ4n) is 1.41. The number of sulfonamides is 1. The average Bonchev–Trinajstić information content (AvgIpc) is 2.40. The lowest BCUT2D eigenvalue weighted by atomic mass is 10.3. The molecule has 0 fully saturated rings. The largest absolute Gasteiger partial charge is 0.278 e. The summed E-state index contributed by atoms with van der Waals surface area (Å²) in [4.78, 5) is 0.116. The van der Waals surface area contributed by atoms with Crippen LogP contribution in [0.1, 0.15) is 0 Å². The molecular weight excluding hydrogens is 404 g/mol.